The van der Waals surface area contributed by atoms with E-state index in [1.165, 1.54) is 0 Å². The molecular weight excluding hydrogens is 208 g/mol. The quantitative estimate of drug-likeness (QED) is 0.852. The molecule has 1 unspecified atom stereocenters. The number of rotatable bonds is 4. The molecule has 0 radical (unpaired) electrons. The zero-order valence-electron chi connectivity index (χ0n) is 10.1. The Bertz CT molecular complexity index is 366. The van der Waals surface area contributed by atoms with Crippen LogP contribution >= 0.6 is 0 Å². The van der Waals surface area contributed by atoms with Crippen LogP contribution in [0, 0.1) is 11.3 Å². The summed E-state index contributed by atoms with van der Waals surface area (Å²) in [4.78, 5) is 14.3. The van der Waals surface area contributed by atoms with Crippen LogP contribution in [0.3, 0.4) is 0 Å². The highest BCUT2D eigenvalue weighted by molar-refractivity contribution is 5.82. The maximum atomic E-state index is 10.5. The highest BCUT2D eigenvalue weighted by atomic mass is 16.5. The summed E-state index contributed by atoms with van der Waals surface area (Å²) in [6, 6.07) is 0. The van der Waals surface area contributed by atoms with Crippen molar-refractivity contribution in [3.63, 3.8) is 0 Å². The topological polar surface area (TPSA) is 76.2 Å². The van der Waals surface area contributed by atoms with Gasteiger partial charge in [0.2, 0.25) is 5.89 Å². The molecule has 0 spiro atoms. The van der Waals surface area contributed by atoms with E-state index in [0.29, 0.717) is 18.2 Å². The Labute approximate surface area is 94.9 Å². The molecule has 0 saturated heterocycles. The van der Waals surface area contributed by atoms with Crippen LogP contribution in [0.1, 0.15) is 50.6 Å². The van der Waals surface area contributed by atoms with E-state index in [1.807, 2.05) is 0 Å². The first kappa shape index (κ1) is 12.7. The first-order valence-corrected chi connectivity index (χ1v) is 5.34. The third-order valence-electron chi connectivity index (χ3n) is 2.14. The van der Waals surface area contributed by atoms with Gasteiger partial charge in [-0.15, -0.1) is 0 Å². The molecule has 0 fully saturated rings. The SMILES string of the molecule is CC(Cc1nc(C(=O)O)no1)CC(C)(C)C. The molecule has 1 aromatic heterocycles. The Kier molecular flexibility index (Phi) is 3.67. The molecule has 0 aliphatic rings. The summed E-state index contributed by atoms with van der Waals surface area (Å²) in [7, 11) is 0. The summed E-state index contributed by atoms with van der Waals surface area (Å²) >= 11 is 0. The normalized spacial score (nSPS) is 13.8. The first-order chi connectivity index (χ1) is 7.28. The summed E-state index contributed by atoms with van der Waals surface area (Å²) in [5.41, 5.74) is 0.245. The summed E-state index contributed by atoms with van der Waals surface area (Å²) in [5.74, 6) is -0.632. The van der Waals surface area contributed by atoms with Crippen LogP contribution in [0.5, 0.6) is 0 Å². The fraction of sp³-hybridized carbons (Fsp3) is 0.727. The van der Waals surface area contributed by atoms with Gasteiger partial charge in [0.15, 0.2) is 0 Å². The average molecular weight is 226 g/mol. The lowest BCUT2D eigenvalue weighted by atomic mass is 9.84. The van der Waals surface area contributed by atoms with Crippen molar-refractivity contribution in [2.75, 3.05) is 0 Å². The van der Waals surface area contributed by atoms with Crippen LogP contribution in [0.15, 0.2) is 4.52 Å². The van der Waals surface area contributed by atoms with E-state index in [0.717, 1.165) is 6.42 Å². The lowest BCUT2D eigenvalue weighted by Crippen LogP contribution is -2.13. The molecule has 1 N–H and O–H groups in total. The van der Waals surface area contributed by atoms with Crippen LogP contribution < -0.4 is 0 Å². The van der Waals surface area contributed by atoms with E-state index >= 15 is 0 Å². The van der Waals surface area contributed by atoms with Crippen molar-refractivity contribution >= 4 is 5.97 Å². The lowest BCUT2D eigenvalue weighted by Gasteiger charge is -2.21. The maximum Gasteiger partial charge on any atom is 0.377 e. The number of aromatic carboxylic acids is 1. The Morgan fingerprint density at radius 1 is 1.50 bits per heavy atom. The summed E-state index contributed by atoms with van der Waals surface area (Å²) < 4.78 is 4.87. The van der Waals surface area contributed by atoms with E-state index in [1.54, 1.807) is 0 Å². The second-order valence-electron chi connectivity index (χ2n) is 5.39. The fourth-order valence-electron chi connectivity index (χ4n) is 1.84. The van der Waals surface area contributed by atoms with Gasteiger partial charge in [0.05, 0.1) is 0 Å². The largest absolute Gasteiger partial charge is 0.475 e. The molecule has 16 heavy (non-hydrogen) atoms. The molecule has 1 aromatic rings. The minimum atomic E-state index is -1.15. The van der Waals surface area contributed by atoms with E-state index in [9.17, 15) is 4.79 Å². The van der Waals surface area contributed by atoms with E-state index in [4.69, 9.17) is 9.63 Å². The molecule has 0 aliphatic heterocycles. The van der Waals surface area contributed by atoms with Gasteiger partial charge >= 0.3 is 5.97 Å². The van der Waals surface area contributed by atoms with Crippen molar-refractivity contribution < 1.29 is 14.4 Å². The van der Waals surface area contributed by atoms with Crippen LogP contribution in [0.25, 0.3) is 0 Å². The minimum absolute atomic E-state index is 0.245. The van der Waals surface area contributed by atoms with Crippen LogP contribution in [0.4, 0.5) is 0 Å². The van der Waals surface area contributed by atoms with Gasteiger partial charge in [-0.05, 0) is 22.9 Å². The summed E-state index contributed by atoms with van der Waals surface area (Å²) in [5, 5.41) is 12.0. The number of hydrogen-bond acceptors (Lipinski definition) is 4. The summed E-state index contributed by atoms with van der Waals surface area (Å²) in [6.45, 7) is 8.59. The number of carbonyl (C=O) groups is 1. The molecule has 0 aromatic carbocycles. The van der Waals surface area contributed by atoms with Gasteiger partial charge in [0.25, 0.3) is 5.82 Å². The highest BCUT2D eigenvalue weighted by Crippen LogP contribution is 2.25. The molecular formula is C11H18N2O3. The number of nitrogens with zero attached hydrogens (tertiary/aromatic N) is 2. The fourth-order valence-corrected chi connectivity index (χ4v) is 1.84. The van der Waals surface area contributed by atoms with Gasteiger partial charge in [-0.2, -0.15) is 4.98 Å². The van der Waals surface area contributed by atoms with Crippen LogP contribution in [-0.4, -0.2) is 21.2 Å². The zero-order valence-corrected chi connectivity index (χ0v) is 10.1. The predicted molar refractivity (Wildman–Crippen MR) is 58.2 cm³/mol. The monoisotopic (exact) mass is 226 g/mol. The Balaban J connectivity index is 2.56. The Morgan fingerprint density at radius 3 is 2.56 bits per heavy atom. The minimum Gasteiger partial charge on any atom is -0.475 e. The molecule has 0 bridgehead atoms. The highest BCUT2D eigenvalue weighted by Gasteiger charge is 2.19. The lowest BCUT2D eigenvalue weighted by molar-refractivity contribution is 0.0680. The predicted octanol–water partition coefficient (Wildman–Crippen LogP) is 2.38. The van der Waals surface area contributed by atoms with Gasteiger partial charge in [0, 0.05) is 6.42 Å². The van der Waals surface area contributed by atoms with Gasteiger partial charge in [-0.3, -0.25) is 0 Å². The van der Waals surface area contributed by atoms with Gasteiger partial charge in [-0.25, -0.2) is 4.79 Å². The smallest absolute Gasteiger partial charge is 0.377 e. The van der Waals surface area contributed by atoms with Crippen molar-refractivity contribution in [2.24, 2.45) is 11.3 Å². The van der Waals surface area contributed by atoms with Crippen molar-refractivity contribution in [1.82, 2.24) is 10.1 Å². The first-order valence-electron chi connectivity index (χ1n) is 5.34. The van der Waals surface area contributed by atoms with E-state index in [-0.39, 0.29) is 11.2 Å². The maximum absolute atomic E-state index is 10.5. The second kappa shape index (κ2) is 4.63. The molecule has 0 saturated carbocycles. The van der Waals surface area contributed by atoms with Crippen LogP contribution in [0.2, 0.25) is 0 Å². The number of carboxylic acid groups (broad SMARTS) is 1. The number of carboxylic acids is 1. The van der Waals surface area contributed by atoms with E-state index < -0.39 is 5.97 Å². The molecule has 90 valence electrons. The van der Waals surface area contributed by atoms with Crippen molar-refractivity contribution in [2.45, 2.75) is 40.5 Å². The zero-order chi connectivity index (χ0) is 12.3. The number of hydrogen-bond donors (Lipinski definition) is 1. The molecule has 1 atom stereocenters. The molecule has 0 aliphatic carbocycles. The molecule has 1 rings (SSSR count). The van der Waals surface area contributed by atoms with Crippen molar-refractivity contribution in [3.05, 3.63) is 11.7 Å². The van der Waals surface area contributed by atoms with E-state index in [2.05, 4.69) is 37.8 Å². The standard InChI is InChI=1S/C11H18N2O3/c1-7(6-11(2,3)4)5-8-12-9(10(14)15)13-16-8/h7H,5-6H2,1-4H3,(H,14,15). The summed E-state index contributed by atoms with van der Waals surface area (Å²) in [6.07, 6.45) is 1.65. The number of aromatic nitrogens is 2. The molecule has 0 amide bonds. The third kappa shape index (κ3) is 4.00. The van der Waals surface area contributed by atoms with Crippen LogP contribution in [-0.2, 0) is 6.42 Å². The molecule has 5 heteroatoms. The Hall–Kier alpha value is -1.39. The second-order valence-corrected chi connectivity index (χ2v) is 5.39. The van der Waals surface area contributed by atoms with Gasteiger partial charge < -0.3 is 9.63 Å². The van der Waals surface area contributed by atoms with Crippen molar-refractivity contribution in [3.8, 4) is 0 Å². The van der Waals surface area contributed by atoms with Gasteiger partial charge in [0.1, 0.15) is 0 Å². The average Bonchev–Trinajstić information content (AvgIpc) is 2.48. The molecule has 1 heterocycles. The Morgan fingerprint density at radius 2 is 2.12 bits per heavy atom. The van der Waals surface area contributed by atoms with Crippen molar-refractivity contribution in [1.29, 1.82) is 0 Å². The van der Waals surface area contributed by atoms with Gasteiger partial charge in [-0.1, -0.05) is 27.7 Å². The third-order valence-corrected chi connectivity index (χ3v) is 2.14. The molecule has 5 nitrogen and oxygen atoms in total.